The van der Waals surface area contributed by atoms with Crippen LogP contribution in [0, 0.1) is 0 Å². The van der Waals surface area contributed by atoms with Crippen molar-refractivity contribution >= 4 is 29.7 Å². The Labute approximate surface area is 187 Å². The first-order chi connectivity index (χ1) is 15.4. The predicted molar refractivity (Wildman–Crippen MR) is 123 cm³/mol. The third-order valence-electron chi connectivity index (χ3n) is 5.31. The van der Waals surface area contributed by atoms with Gasteiger partial charge in [-0.1, -0.05) is 42.5 Å². The molecule has 1 heterocycles. The van der Waals surface area contributed by atoms with Gasteiger partial charge < -0.3 is 4.90 Å². The zero-order valence-electron chi connectivity index (χ0n) is 18.0. The third-order valence-corrected chi connectivity index (χ3v) is 5.31. The number of hydroxylamine groups is 1. The van der Waals surface area contributed by atoms with Crippen LogP contribution in [0.5, 0.6) is 0 Å². The summed E-state index contributed by atoms with van der Waals surface area (Å²) >= 11 is 0. The van der Waals surface area contributed by atoms with Crippen LogP contribution in [0.4, 0.5) is 0 Å². The molecule has 0 atom stereocenters. The molecule has 2 N–H and O–H groups in total. The fraction of sp³-hybridized carbons (Fsp3) is 0.240. The van der Waals surface area contributed by atoms with Gasteiger partial charge in [0.15, 0.2) is 5.78 Å². The van der Waals surface area contributed by atoms with Crippen molar-refractivity contribution in [3.63, 3.8) is 0 Å². The van der Waals surface area contributed by atoms with Gasteiger partial charge in [-0.15, -0.1) is 0 Å². The van der Waals surface area contributed by atoms with E-state index in [1.54, 1.807) is 30.6 Å². The van der Waals surface area contributed by atoms with Crippen molar-refractivity contribution < 1.29 is 19.6 Å². The van der Waals surface area contributed by atoms with Crippen molar-refractivity contribution in [3.05, 3.63) is 82.9 Å². The van der Waals surface area contributed by atoms with E-state index in [4.69, 9.17) is 5.21 Å². The van der Waals surface area contributed by atoms with Crippen molar-refractivity contribution in [3.8, 4) is 0 Å². The average molecular weight is 434 g/mol. The molecular weight excluding hydrogens is 406 g/mol. The standard InChI is InChI=1S/C25H27N3O4/c1-19(29)28-14-12-27(13-15-28)18-22-6-3-7-23(17-22)24(30)10-8-20-4-2-5-21(16-20)9-11-25(31)26-32/h2-11,16-17,32H,12-15,18H2,1H3,(H,26,31)/b10-8+,11-9+. The highest BCUT2D eigenvalue weighted by molar-refractivity contribution is 6.06. The minimum atomic E-state index is -0.610. The number of piperazine rings is 1. The molecule has 32 heavy (non-hydrogen) atoms. The SMILES string of the molecule is CC(=O)N1CCN(Cc2cccc(C(=O)/C=C/c3cccc(/C=C/C(=O)NO)c3)c2)CC1. The molecule has 166 valence electrons. The summed E-state index contributed by atoms with van der Waals surface area (Å²) in [7, 11) is 0. The number of hydrogen-bond acceptors (Lipinski definition) is 5. The van der Waals surface area contributed by atoms with Crippen LogP contribution in [0.25, 0.3) is 12.2 Å². The molecule has 7 heteroatoms. The number of hydrogen-bond donors (Lipinski definition) is 2. The van der Waals surface area contributed by atoms with Crippen molar-refractivity contribution in [1.29, 1.82) is 0 Å². The molecule has 1 aliphatic rings. The number of rotatable bonds is 7. The Balaban J connectivity index is 1.61. The molecule has 2 aromatic carbocycles. The van der Waals surface area contributed by atoms with E-state index in [1.807, 2.05) is 47.4 Å². The summed E-state index contributed by atoms with van der Waals surface area (Å²) < 4.78 is 0. The maximum atomic E-state index is 12.7. The van der Waals surface area contributed by atoms with Crippen molar-refractivity contribution in [1.82, 2.24) is 15.3 Å². The van der Waals surface area contributed by atoms with Gasteiger partial charge >= 0.3 is 0 Å². The van der Waals surface area contributed by atoms with Crippen LogP contribution in [-0.4, -0.2) is 58.8 Å². The summed E-state index contributed by atoms with van der Waals surface area (Å²) in [6, 6.07) is 15.0. The average Bonchev–Trinajstić information content (AvgIpc) is 2.81. The van der Waals surface area contributed by atoms with Crippen LogP contribution < -0.4 is 5.48 Å². The van der Waals surface area contributed by atoms with Crippen LogP contribution in [0.3, 0.4) is 0 Å². The lowest BCUT2D eigenvalue weighted by Gasteiger charge is -2.34. The van der Waals surface area contributed by atoms with Gasteiger partial charge in [-0.25, -0.2) is 5.48 Å². The van der Waals surface area contributed by atoms with E-state index in [9.17, 15) is 14.4 Å². The van der Waals surface area contributed by atoms with Gasteiger partial charge in [0, 0.05) is 51.3 Å². The molecule has 0 bridgehead atoms. The first kappa shape index (κ1) is 23.1. The Morgan fingerprint density at radius 1 is 0.938 bits per heavy atom. The molecule has 2 amide bonds. The van der Waals surface area contributed by atoms with E-state index in [0.717, 1.165) is 49.4 Å². The van der Waals surface area contributed by atoms with Crippen molar-refractivity contribution in [2.75, 3.05) is 26.2 Å². The quantitative estimate of drug-likeness (QED) is 0.303. The molecule has 0 aromatic heterocycles. The Morgan fingerprint density at radius 2 is 1.59 bits per heavy atom. The summed E-state index contributed by atoms with van der Waals surface area (Å²) in [4.78, 5) is 39.4. The fourth-order valence-electron chi connectivity index (χ4n) is 3.55. The van der Waals surface area contributed by atoms with Gasteiger partial charge in [-0.05, 0) is 41.0 Å². The van der Waals surface area contributed by atoms with Crippen LogP contribution in [0.2, 0.25) is 0 Å². The van der Waals surface area contributed by atoms with Gasteiger partial charge in [0.1, 0.15) is 0 Å². The van der Waals surface area contributed by atoms with Crippen LogP contribution >= 0.6 is 0 Å². The molecule has 3 rings (SSSR count). The normalized spacial score (nSPS) is 14.8. The maximum absolute atomic E-state index is 12.7. The molecule has 0 saturated carbocycles. The van der Waals surface area contributed by atoms with Crippen LogP contribution in [-0.2, 0) is 16.1 Å². The lowest BCUT2D eigenvalue weighted by molar-refractivity contribution is -0.130. The summed E-state index contributed by atoms with van der Waals surface area (Å²) in [5, 5.41) is 8.55. The van der Waals surface area contributed by atoms with Gasteiger partial charge in [0.05, 0.1) is 0 Å². The second kappa shape index (κ2) is 11.2. The highest BCUT2D eigenvalue weighted by atomic mass is 16.5. The van der Waals surface area contributed by atoms with Gasteiger partial charge in [-0.3, -0.25) is 24.5 Å². The summed E-state index contributed by atoms with van der Waals surface area (Å²) in [5.74, 6) is -0.586. The molecule has 7 nitrogen and oxygen atoms in total. The molecule has 0 radical (unpaired) electrons. The fourth-order valence-corrected chi connectivity index (χ4v) is 3.55. The van der Waals surface area contributed by atoms with E-state index >= 15 is 0 Å². The second-order valence-corrected chi connectivity index (χ2v) is 7.66. The number of carbonyl (C=O) groups is 3. The minimum absolute atomic E-state index is 0.0890. The first-order valence-electron chi connectivity index (χ1n) is 10.5. The minimum Gasteiger partial charge on any atom is -0.340 e. The van der Waals surface area contributed by atoms with Crippen LogP contribution in [0.1, 0.15) is 34.0 Å². The van der Waals surface area contributed by atoms with E-state index < -0.39 is 5.91 Å². The molecule has 0 unspecified atom stereocenters. The Morgan fingerprint density at radius 3 is 2.25 bits per heavy atom. The van der Waals surface area contributed by atoms with E-state index in [0.29, 0.717) is 5.56 Å². The lowest BCUT2D eigenvalue weighted by Crippen LogP contribution is -2.47. The highest BCUT2D eigenvalue weighted by Gasteiger charge is 2.18. The number of ketones is 1. The number of allylic oxidation sites excluding steroid dienone is 1. The topological polar surface area (TPSA) is 90.0 Å². The maximum Gasteiger partial charge on any atom is 0.267 e. The number of carbonyl (C=O) groups excluding carboxylic acids is 3. The highest BCUT2D eigenvalue weighted by Crippen LogP contribution is 2.14. The summed E-state index contributed by atoms with van der Waals surface area (Å²) in [6.07, 6.45) is 6.07. The lowest BCUT2D eigenvalue weighted by atomic mass is 10.0. The molecular formula is C25H27N3O4. The summed E-state index contributed by atoms with van der Waals surface area (Å²) in [6.45, 7) is 5.45. The Kier molecular flexibility index (Phi) is 8.08. The first-order valence-corrected chi connectivity index (χ1v) is 10.5. The molecule has 1 fully saturated rings. The van der Waals surface area contributed by atoms with Crippen molar-refractivity contribution in [2.45, 2.75) is 13.5 Å². The van der Waals surface area contributed by atoms with E-state index in [-0.39, 0.29) is 11.7 Å². The zero-order valence-corrected chi connectivity index (χ0v) is 18.0. The zero-order chi connectivity index (χ0) is 22.9. The van der Waals surface area contributed by atoms with E-state index in [1.165, 1.54) is 12.2 Å². The monoisotopic (exact) mass is 433 g/mol. The predicted octanol–water partition coefficient (Wildman–Crippen LogP) is 2.77. The van der Waals surface area contributed by atoms with Gasteiger partial charge in [0.25, 0.3) is 5.91 Å². The number of nitrogens with zero attached hydrogens (tertiary/aromatic N) is 2. The van der Waals surface area contributed by atoms with Crippen LogP contribution in [0.15, 0.2) is 60.7 Å². The molecule has 1 aliphatic heterocycles. The third kappa shape index (κ3) is 6.73. The molecule has 1 saturated heterocycles. The van der Waals surface area contributed by atoms with E-state index in [2.05, 4.69) is 4.90 Å². The Hall–Kier alpha value is -3.55. The number of amides is 2. The largest absolute Gasteiger partial charge is 0.340 e. The molecule has 0 aliphatic carbocycles. The second-order valence-electron chi connectivity index (χ2n) is 7.66. The van der Waals surface area contributed by atoms with Gasteiger partial charge in [0.2, 0.25) is 5.91 Å². The molecule has 2 aromatic rings. The summed E-state index contributed by atoms with van der Waals surface area (Å²) in [5.41, 5.74) is 4.82. The van der Waals surface area contributed by atoms with Crippen molar-refractivity contribution in [2.24, 2.45) is 0 Å². The molecule has 0 spiro atoms. The van der Waals surface area contributed by atoms with Gasteiger partial charge in [-0.2, -0.15) is 0 Å². The smallest absolute Gasteiger partial charge is 0.267 e. The Bertz CT molecular complexity index is 1040. The number of nitrogens with one attached hydrogen (secondary N) is 1. The number of benzene rings is 2.